The van der Waals surface area contributed by atoms with Gasteiger partial charge in [0.1, 0.15) is 12.1 Å². The first-order valence-corrected chi connectivity index (χ1v) is 7.67. The third-order valence-corrected chi connectivity index (χ3v) is 4.35. The zero-order chi connectivity index (χ0) is 14.9. The van der Waals surface area contributed by atoms with E-state index in [2.05, 4.69) is 20.0 Å². The second-order valence-corrected chi connectivity index (χ2v) is 5.82. The highest BCUT2D eigenvalue weighted by Crippen LogP contribution is 2.26. The summed E-state index contributed by atoms with van der Waals surface area (Å²) in [5.74, 6) is 2.01. The molecule has 2 aromatic heterocycles. The van der Waals surface area contributed by atoms with Gasteiger partial charge in [0.25, 0.3) is 0 Å². The normalized spacial score (nSPS) is 18.5. The molecule has 4 heterocycles. The summed E-state index contributed by atoms with van der Waals surface area (Å²) >= 11 is 0. The van der Waals surface area contributed by atoms with Crippen LogP contribution in [0.2, 0.25) is 0 Å². The van der Waals surface area contributed by atoms with Gasteiger partial charge in [0.2, 0.25) is 5.91 Å². The largest absolute Gasteiger partial charge is 0.355 e. The van der Waals surface area contributed by atoms with Crippen LogP contribution in [0.1, 0.15) is 12.8 Å². The van der Waals surface area contributed by atoms with Crippen LogP contribution < -0.4 is 4.90 Å². The first-order chi connectivity index (χ1) is 10.8. The number of amides is 1. The number of hydrogen-bond donors (Lipinski definition) is 0. The van der Waals surface area contributed by atoms with Crippen LogP contribution in [0, 0.1) is 5.92 Å². The second-order valence-electron chi connectivity index (χ2n) is 5.82. The first kappa shape index (κ1) is 13.2. The summed E-state index contributed by atoms with van der Waals surface area (Å²) in [5, 5.41) is 4.17. The van der Waals surface area contributed by atoms with Crippen molar-refractivity contribution in [2.75, 3.05) is 31.1 Å². The summed E-state index contributed by atoms with van der Waals surface area (Å²) in [7, 11) is 0. The lowest BCUT2D eigenvalue weighted by atomic mass is 9.98. The molecule has 0 bridgehead atoms. The Balaban J connectivity index is 1.42. The highest BCUT2D eigenvalue weighted by Gasteiger charge is 2.36. The zero-order valence-corrected chi connectivity index (χ0v) is 12.3. The third kappa shape index (κ3) is 2.32. The molecule has 0 unspecified atom stereocenters. The number of carbonyl (C=O) groups excluding carboxylic acids is 1. The van der Waals surface area contributed by atoms with Crippen LogP contribution >= 0.6 is 0 Å². The number of hydrogen-bond acceptors (Lipinski definition) is 5. The molecule has 114 valence electrons. The van der Waals surface area contributed by atoms with Crippen LogP contribution in [0.4, 0.5) is 5.82 Å². The van der Waals surface area contributed by atoms with E-state index < -0.39 is 0 Å². The zero-order valence-electron chi connectivity index (χ0n) is 12.3. The lowest BCUT2D eigenvalue weighted by Gasteiger charge is -2.40. The molecule has 22 heavy (non-hydrogen) atoms. The van der Waals surface area contributed by atoms with E-state index in [0.717, 1.165) is 50.7 Å². The summed E-state index contributed by atoms with van der Waals surface area (Å²) in [6.07, 6.45) is 7.39. The van der Waals surface area contributed by atoms with Crippen LogP contribution in [0.3, 0.4) is 0 Å². The van der Waals surface area contributed by atoms with E-state index in [9.17, 15) is 4.79 Å². The Kier molecular flexibility index (Phi) is 3.25. The molecule has 0 aliphatic carbocycles. The standard InChI is InChI=1S/C15H18N6O/c22-15(19-5-1-2-6-19)12-9-20(10-12)13-8-14(17-11-16-13)21-7-3-4-18-21/h3-4,7-8,11-12H,1-2,5-6,9-10H2. The lowest BCUT2D eigenvalue weighted by Crippen LogP contribution is -2.54. The molecule has 2 aliphatic rings. The van der Waals surface area contributed by atoms with Gasteiger partial charge in [-0.2, -0.15) is 5.10 Å². The van der Waals surface area contributed by atoms with Crippen molar-refractivity contribution in [1.29, 1.82) is 0 Å². The minimum atomic E-state index is 0.112. The van der Waals surface area contributed by atoms with Crippen LogP contribution in [-0.2, 0) is 4.79 Å². The number of likely N-dealkylation sites (tertiary alicyclic amines) is 1. The Morgan fingerprint density at radius 1 is 1.14 bits per heavy atom. The average molecular weight is 298 g/mol. The van der Waals surface area contributed by atoms with Crippen LogP contribution in [-0.4, -0.2) is 56.7 Å². The van der Waals surface area contributed by atoms with Gasteiger partial charge in [-0.3, -0.25) is 4.79 Å². The van der Waals surface area contributed by atoms with Crippen molar-refractivity contribution in [1.82, 2.24) is 24.6 Å². The number of anilines is 1. The Labute approximate surface area is 128 Å². The van der Waals surface area contributed by atoms with E-state index in [0.29, 0.717) is 5.91 Å². The second kappa shape index (κ2) is 5.40. The minimum Gasteiger partial charge on any atom is -0.355 e. The van der Waals surface area contributed by atoms with Crippen molar-refractivity contribution in [3.63, 3.8) is 0 Å². The van der Waals surface area contributed by atoms with Crippen molar-refractivity contribution in [2.45, 2.75) is 12.8 Å². The summed E-state index contributed by atoms with van der Waals surface area (Å²) in [4.78, 5) is 25.0. The van der Waals surface area contributed by atoms with Crippen LogP contribution in [0.15, 0.2) is 30.9 Å². The van der Waals surface area contributed by atoms with Gasteiger partial charge in [-0.25, -0.2) is 14.6 Å². The van der Waals surface area contributed by atoms with Gasteiger partial charge in [0.15, 0.2) is 5.82 Å². The predicted molar refractivity (Wildman–Crippen MR) is 80.7 cm³/mol. The number of aromatic nitrogens is 4. The third-order valence-electron chi connectivity index (χ3n) is 4.35. The summed E-state index contributed by atoms with van der Waals surface area (Å²) in [5.41, 5.74) is 0. The molecule has 4 rings (SSSR count). The van der Waals surface area contributed by atoms with E-state index >= 15 is 0 Å². The Hall–Kier alpha value is -2.44. The van der Waals surface area contributed by atoms with Gasteiger partial charge < -0.3 is 9.80 Å². The fraction of sp³-hybridized carbons (Fsp3) is 0.467. The van der Waals surface area contributed by atoms with Crippen LogP contribution in [0.25, 0.3) is 5.82 Å². The highest BCUT2D eigenvalue weighted by atomic mass is 16.2. The number of nitrogens with zero attached hydrogens (tertiary/aromatic N) is 6. The summed E-state index contributed by atoms with van der Waals surface area (Å²) in [6.45, 7) is 3.33. The quantitative estimate of drug-likeness (QED) is 0.835. The molecule has 2 fully saturated rings. The van der Waals surface area contributed by atoms with Gasteiger partial charge in [0, 0.05) is 44.6 Å². The average Bonchev–Trinajstić information content (AvgIpc) is 3.19. The smallest absolute Gasteiger partial charge is 0.229 e. The molecule has 0 radical (unpaired) electrons. The lowest BCUT2D eigenvalue weighted by molar-refractivity contribution is -0.135. The number of carbonyl (C=O) groups is 1. The highest BCUT2D eigenvalue weighted by molar-refractivity contribution is 5.82. The minimum absolute atomic E-state index is 0.112. The molecule has 2 aliphatic heterocycles. The number of rotatable bonds is 3. The molecule has 0 N–H and O–H groups in total. The Morgan fingerprint density at radius 2 is 1.91 bits per heavy atom. The fourth-order valence-electron chi connectivity index (χ4n) is 3.06. The maximum absolute atomic E-state index is 12.3. The van der Waals surface area contributed by atoms with Gasteiger partial charge in [-0.15, -0.1) is 0 Å². The molecule has 2 saturated heterocycles. The summed E-state index contributed by atoms with van der Waals surface area (Å²) < 4.78 is 1.71. The SMILES string of the molecule is O=C(C1CN(c2cc(-n3cccn3)ncn2)C1)N1CCCC1. The van der Waals surface area contributed by atoms with E-state index in [1.807, 2.05) is 23.2 Å². The van der Waals surface area contributed by atoms with Crippen molar-refractivity contribution in [2.24, 2.45) is 5.92 Å². The molecule has 0 spiro atoms. The predicted octanol–water partition coefficient (Wildman–Crippen LogP) is 0.721. The monoisotopic (exact) mass is 298 g/mol. The summed E-state index contributed by atoms with van der Waals surface area (Å²) in [6, 6.07) is 3.76. The van der Waals surface area contributed by atoms with E-state index in [-0.39, 0.29) is 5.92 Å². The molecule has 7 nitrogen and oxygen atoms in total. The molecule has 0 saturated carbocycles. The Morgan fingerprint density at radius 3 is 2.64 bits per heavy atom. The van der Waals surface area contributed by atoms with E-state index in [1.54, 1.807) is 17.2 Å². The maximum Gasteiger partial charge on any atom is 0.229 e. The molecule has 0 aromatic carbocycles. The van der Waals surface area contributed by atoms with Crippen molar-refractivity contribution < 1.29 is 4.79 Å². The van der Waals surface area contributed by atoms with E-state index in [4.69, 9.17) is 0 Å². The first-order valence-electron chi connectivity index (χ1n) is 7.67. The van der Waals surface area contributed by atoms with Crippen molar-refractivity contribution in [3.05, 3.63) is 30.9 Å². The molecular formula is C15H18N6O. The Bertz CT molecular complexity index is 658. The van der Waals surface area contributed by atoms with Crippen LogP contribution in [0.5, 0.6) is 0 Å². The van der Waals surface area contributed by atoms with Gasteiger partial charge in [0.05, 0.1) is 5.92 Å². The van der Waals surface area contributed by atoms with E-state index in [1.165, 1.54) is 0 Å². The van der Waals surface area contributed by atoms with Crippen molar-refractivity contribution in [3.8, 4) is 5.82 Å². The van der Waals surface area contributed by atoms with Gasteiger partial charge >= 0.3 is 0 Å². The van der Waals surface area contributed by atoms with Gasteiger partial charge in [-0.05, 0) is 18.9 Å². The van der Waals surface area contributed by atoms with Crippen molar-refractivity contribution >= 4 is 11.7 Å². The van der Waals surface area contributed by atoms with Gasteiger partial charge in [-0.1, -0.05) is 0 Å². The molecule has 0 atom stereocenters. The molecule has 2 aromatic rings. The molecular weight excluding hydrogens is 280 g/mol. The topological polar surface area (TPSA) is 67.2 Å². The molecule has 7 heteroatoms. The maximum atomic E-state index is 12.3. The molecule has 1 amide bonds. The fourth-order valence-corrected chi connectivity index (χ4v) is 3.06.